The second-order valence-electron chi connectivity index (χ2n) is 8.93. The zero-order valence-electron chi connectivity index (χ0n) is 16.6. The third-order valence-corrected chi connectivity index (χ3v) is 4.42. The summed E-state index contributed by atoms with van der Waals surface area (Å²) in [4.78, 5) is 9.21. The molecule has 0 bridgehead atoms. The normalized spacial score (nSPS) is 12.5. The van der Waals surface area contributed by atoms with Crippen LogP contribution in [0, 0.1) is 5.41 Å². The van der Waals surface area contributed by atoms with E-state index in [0.717, 1.165) is 30.9 Å². The fourth-order valence-corrected chi connectivity index (χ4v) is 3.87. The van der Waals surface area contributed by atoms with E-state index in [0.29, 0.717) is 0 Å². The third-order valence-electron chi connectivity index (χ3n) is 4.42. The van der Waals surface area contributed by atoms with Crippen LogP contribution in [0.1, 0.15) is 52.3 Å². The van der Waals surface area contributed by atoms with Gasteiger partial charge < -0.3 is 5.32 Å². The Kier molecular flexibility index (Phi) is 5.03. The van der Waals surface area contributed by atoms with E-state index in [1.165, 1.54) is 11.3 Å². The Morgan fingerprint density at radius 1 is 0.962 bits per heavy atom. The van der Waals surface area contributed by atoms with Gasteiger partial charge >= 0.3 is 0 Å². The Bertz CT molecular complexity index is 857. The minimum Gasteiger partial charge on any atom is -0.364 e. The largest absolute Gasteiger partial charge is 0.364 e. The zero-order valence-corrected chi connectivity index (χ0v) is 16.6. The van der Waals surface area contributed by atoms with Gasteiger partial charge in [0.2, 0.25) is 5.78 Å². The van der Waals surface area contributed by atoms with Gasteiger partial charge in [0, 0.05) is 17.9 Å². The van der Waals surface area contributed by atoms with Crippen LogP contribution in [0.5, 0.6) is 0 Å². The molecule has 0 saturated carbocycles. The minimum absolute atomic E-state index is 0.0440. The Hall–Kier alpha value is -2.36. The number of imidazole rings is 1. The average Bonchev–Trinajstić information content (AvgIpc) is 2.88. The fraction of sp³-hybridized carbons (Fsp3) is 0.455. The number of aryl methyl sites for hydroxylation is 2. The van der Waals surface area contributed by atoms with Gasteiger partial charge in [0.15, 0.2) is 5.82 Å². The molecule has 4 nitrogen and oxygen atoms in total. The minimum atomic E-state index is -0.0440. The second-order valence-corrected chi connectivity index (χ2v) is 8.93. The van der Waals surface area contributed by atoms with Crippen molar-refractivity contribution in [2.45, 2.75) is 59.4 Å². The SMILES string of the molecule is CC(C)(C)CC(C)(C)Nc1nc2ncccn2c1CCc1ccccc1. The van der Waals surface area contributed by atoms with Crippen molar-refractivity contribution in [3.8, 4) is 0 Å². The molecule has 0 aliphatic carbocycles. The highest BCUT2D eigenvalue weighted by Gasteiger charge is 2.27. The summed E-state index contributed by atoms with van der Waals surface area (Å²) in [6.45, 7) is 11.3. The van der Waals surface area contributed by atoms with E-state index >= 15 is 0 Å². The molecule has 2 heterocycles. The zero-order chi connectivity index (χ0) is 18.8. The molecule has 0 radical (unpaired) electrons. The highest BCUT2D eigenvalue weighted by atomic mass is 15.2. The van der Waals surface area contributed by atoms with Gasteiger partial charge in [-0.2, -0.15) is 4.98 Å². The van der Waals surface area contributed by atoms with Gasteiger partial charge in [-0.15, -0.1) is 0 Å². The van der Waals surface area contributed by atoms with Gasteiger partial charge in [-0.05, 0) is 50.2 Å². The van der Waals surface area contributed by atoms with Crippen molar-refractivity contribution in [3.63, 3.8) is 0 Å². The van der Waals surface area contributed by atoms with Crippen LogP contribution in [0.3, 0.4) is 0 Å². The van der Waals surface area contributed by atoms with E-state index in [-0.39, 0.29) is 11.0 Å². The number of rotatable bonds is 6. The topological polar surface area (TPSA) is 42.2 Å². The standard InChI is InChI=1S/C22H30N4/c1-21(2,3)16-22(4,5)25-19-18(13-12-17-10-7-6-8-11-17)26-15-9-14-23-20(26)24-19/h6-11,14-15,25H,12-13,16H2,1-5H3. The molecule has 26 heavy (non-hydrogen) atoms. The van der Waals surface area contributed by atoms with Crippen molar-refractivity contribution in [2.24, 2.45) is 5.41 Å². The van der Waals surface area contributed by atoms with Crippen LogP contribution >= 0.6 is 0 Å². The summed E-state index contributed by atoms with van der Waals surface area (Å²) >= 11 is 0. The van der Waals surface area contributed by atoms with Crippen LogP contribution in [0.4, 0.5) is 5.82 Å². The molecule has 1 N–H and O–H groups in total. The van der Waals surface area contributed by atoms with Crippen molar-refractivity contribution in [1.29, 1.82) is 0 Å². The summed E-state index contributed by atoms with van der Waals surface area (Å²) in [6, 6.07) is 12.6. The summed E-state index contributed by atoms with van der Waals surface area (Å²) in [5.74, 6) is 1.71. The molecule has 0 unspecified atom stereocenters. The van der Waals surface area contributed by atoms with Gasteiger partial charge in [-0.3, -0.25) is 4.40 Å². The second kappa shape index (κ2) is 7.10. The maximum absolute atomic E-state index is 4.78. The van der Waals surface area contributed by atoms with Crippen LogP contribution in [0.15, 0.2) is 48.8 Å². The van der Waals surface area contributed by atoms with Crippen molar-refractivity contribution >= 4 is 11.6 Å². The van der Waals surface area contributed by atoms with Crippen molar-refractivity contribution < 1.29 is 0 Å². The quantitative estimate of drug-likeness (QED) is 0.669. The Morgan fingerprint density at radius 2 is 1.69 bits per heavy atom. The number of hydrogen-bond acceptors (Lipinski definition) is 3. The number of hydrogen-bond donors (Lipinski definition) is 1. The molecule has 0 aliphatic heterocycles. The number of aromatic nitrogens is 3. The first-order valence-electron chi connectivity index (χ1n) is 9.38. The first-order chi connectivity index (χ1) is 12.2. The van der Waals surface area contributed by atoms with E-state index in [2.05, 4.69) is 85.8 Å². The molecule has 3 rings (SSSR count). The summed E-state index contributed by atoms with van der Waals surface area (Å²) in [6.07, 6.45) is 6.81. The number of nitrogens with one attached hydrogen (secondary N) is 1. The van der Waals surface area contributed by atoms with E-state index < -0.39 is 0 Å². The molecule has 0 saturated heterocycles. The Balaban J connectivity index is 1.89. The maximum atomic E-state index is 4.78. The van der Waals surface area contributed by atoms with Crippen LogP contribution in [0.25, 0.3) is 5.78 Å². The molecular weight excluding hydrogens is 320 g/mol. The first kappa shape index (κ1) is 18.4. The van der Waals surface area contributed by atoms with Gasteiger partial charge in [-0.25, -0.2) is 4.98 Å². The van der Waals surface area contributed by atoms with Gasteiger partial charge in [-0.1, -0.05) is 51.1 Å². The number of benzene rings is 1. The van der Waals surface area contributed by atoms with Gasteiger partial charge in [0.25, 0.3) is 0 Å². The average molecular weight is 351 g/mol. The lowest BCUT2D eigenvalue weighted by Gasteiger charge is -2.33. The molecule has 0 aliphatic rings. The van der Waals surface area contributed by atoms with Crippen LogP contribution in [-0.2, 0) is 12.8 Å². The first-order valence-corrected chi connectivity index (χ1v) is 9.38. The molecular formula is C22H30N4. The predicted molar refractivity (Wildman–Crippen MR) is 109 cm³/mol. The van der Waals surface area contributed by atoms with Crippen molar-refractivity contribution in [2.75, 3.05) is 5.32 Å². The molecule has 1 aromatic carbocycles. The maximum Gasteiger partial charge on any atom is 0.235 e. The molecule has 0 amide bonds. The van der Waals surface area contributed by atoms with E-state index in [4.69, 9.17) is 4.98 Å². The lowest BCUT2D eigenvalue weighted by molar-refractivity contribution is 0.302. The van der Waals surface area contributed by atoms with E-state index in [1.54, 1.807) is 6.20 Å². The predicted octanol–water partition coefficient (Wildman–Crippen LogP) is 5.14. The molecule has 3 aromatic rings. The lowest BCUT2D eigenvalue weighted by atomic mass is 9.82. The van der Waals surface area contributed by atoms with Crippen molar-refractivity contribution in [1.82, 2.24) is 14.4 Å². The molecule has 2 aromatic heterocycles. The summed E-state index contributed by atoms with van der Waals surface area (Å²) < 4.78 is 2.11. The van der Waals surface area contributed by atoms with Gasteiger partial charge in [0.1, 0.15) is 0 Å². The summed E-state index contributed by atoms with van der Waals surface area (Å²) in [5.41, 5.74) is 2.74. The molecule has 0 atom stereocenters. The van der Waals surface area contributed by atoms with E-state index in [1.807, 2.05) is 6.07 Å². The van der Waals surface area contributed by atoms with Crippen LogP contribution < -0.4 is 5.32 Å². The third kappa shape index (κ3) is 4.63. The Morgan fingerprint density at radius 3 is 2.38 bits per heavy atom. The van der Waals surface area contributed by atoms with E-state index in [9.17, 15) is 0 Å². The van der Waals surface area contributed by atoms with Crippen LogP contribution in [0.2, 0.25) is 0 Å². The highest BCUT2D eigenvalue weighted by molar-refractivity contribution is 5.52. The summed E-state index contributed by atoms with van der Waals surface area (Å²) in [7, 11) is 0. The smallest absolute Gasteiger partial charge is 0.235 e. The van der Waals surface area contributed by atoms with Gasteiger partial charge in [0.05, 0.1) is 5.69 Å². The van der Waals surface area contributed by atoms with Crippen molar-refractivity contribution in [3.05, 3.63) is 60.0 Å². The lowest BCUT2D eigenvalue weighted by Crippen LogP contribution is -2.36. The molecule has 4 heteroatoms. The molecule has 0 fully saturated rings. The Labute approximate surface area is 156 Å². The highest BCUT2D eigenvalue weighted by Crippen LogP contribution is 2.31. The monoisotopic (exact) mass is 350 g/mol. The number of fused-ring (bicyclic) bond motifs is 1. The molecule has 0 spiro atoms. The fourth-order valence-electron chi connectivity index (χ4n) is 3.87. The summed E-state index contributed by atoms with van der Waals surface area (Å²) in [5, 5.41) is 3.70. The molecule has 138 valence electrons. The number of nitrogens with zero attached hydrogens (tertiary/aromatic N) is 3. The number of anilines is 1. The van der Waals surface area contributed by atoms with Crippen LogP contribution in [-0.4, -0.2) is 19.9 Å².